The summed E-state index contributed by atoms with van der Waals surface area (Å²) in [5.41, 5.74) is 7.65. The van der Waals surface area contributed by atoms with Crippen LogP contribution in [0.2, 0.25) is 0 Å². The number of hydrogen-bond acceptors (Lipinski definition) is 10. The maximum absolute atomic E-state index is 12.3. The summed E-state index contributed by atoms with van der Waals surface area (Å²) in [5, 5.41) is 9.96. The average molecular weight is 452 g/mol. The van der Waals surface area contributed by atoms with Crippen LogP contribution in [0.5, 0.6) is 0 Å². The van der Waals surface area contributed by atoms with E-state index < -0.39 is 5.97 Å². The highest BCUT2D eigenvalue weighted by atomic mass is 32.2. The van der Waals surface area contributed by atoms with E-state index in [4.69, 9.17) is 14.9 Å². The van der Waals surface area contributed by atoms with Crippen LogP contribution in [-0.2, 0) is 10.5 Å². The number of nitrogen functional groups attached to an aromatic ring is 1. The summed E-state index contributed by atoms with van der Waals surface area (Å²) in [6.07, 6.45) is 5.71. The van der Waals surface area contributed by atoms with Crippen LogP contribution in [0.15, 0.2) is 34.1 Å². The molecule has 2 N–H and O–H groups in total. The molecule has 0 aliphatic heterocycles. The fraction of sp³-hybridized carbons (Fsp3) is 0.333. The third-order valence-electron chi connectivity index (χ3n) is 5.11. The van der Waals surface area contributed by atoms with Crippen LogP contribution in [-0.4, -0.2) is 42.3 Å². The van der Waals surface area contributed by atoms with Crippen molar-refractivity contribution in [2.75, 3.05) is 12.3 Å². The molecule has 0 radical (unpaired) electrons. The second-order valence-electron chi connectivity index (χ2n) is 7.40. The van der Waals surface area contributed by atoms with E-state index in [2.05, 4.69) is 29.7 Å². The summed E-state index contributed by atoms with van der Waals surface area (Å²) in [7, 11) is 0. The van der Waals surface area contributed by atoms with Crippen molar-refractivity contribution in [2.24, 2.45) is 0 Å². The molecule has 0 atom stereocenters. The fourth-order valence-corrected chi connectivity index (χ4v) is 4.42. The molecule has 11 heteroatoms. The van der Waals surface area contributed by atoms with Gasteiger partial charge in [-0.05, 0) is 38.8 Å². The Morgan fingerprint density at radius 1 is 1.34 bits per heavy atom. The van der Waals surface area contributed by atoms with Crippen molar-refractivity contribution >= 4 is 34.6 Å². The number of esters is 1. The molecule has 1 aliphatic rings. The van der Waals surface area contributed by atoms with Crippen LogP contribution in [0.25, 0.3) is 22.5 Å². The molecule has 0 amide bonds. The summed E-state index contributed by atoms with van der Waals surface area (Å²) in [6.45, 7) is 3.67. The molecule has 4 aromatic heterocycles. The highest BCUT2D eigenvalue weighted by Crippen LogP contribution is 2.41. The van der Waals surface area contributed by atoms with E-state index in [1.165, 1.54) is 11.8 Å². The lowest BCUT2D eigenvalue weighted by Gasteiger charge is -2.08. The van der Waals surface area contributed by atoms with Crippen LogP contribution >= 0.6 is 11.8 Å². The third-order valence-corrected chi connectivity index (χ3v) is 6.05. The van der Waals surface area contributed by atoms with E-state index in [-0.39, 0.29) is 23.7 Å². The van der Waals surface area contributed by atoms with Crippen molar-refractivity contribution < 1.29 is 13.9 Å². The largest absolute Gasteiger partial charge is 0.462 e. The fourth-order valence-electron chi connectivity index (χ4n) is 3.56. The third kappa shape index (κ3) is 3.68. The molecule has 0 aromatic carbocycles. The number of carbonyl (C=O) groups is 1. The normalized spacial score (nSPS) is 13.6. The van der Waals surface area contributed by atoms with Crippen molar-refractivity contribution in [1.82, 2.24) is 29.7 Å². The maximum atomic E-state index is 12.3. The van der Waals surface area contributed by atoms with Gasteiger partial charge in [0, 0.05) is 24.0 Å². The minimum absolute atomic E-state index is 0.185. The SMILES string of the molecule is CCOC(=O)c1c(C)oc2nc(CSc3nnc(-c4cccnc4)n3C3CC3)nc(N)c12. The monoisotopic (exact) mass is 451 g/mol. The molecule has 0 saturated heterocycles. The molecule has 0 bridgehead atoms. The number of thioether (sulfide) groups is 1. The van der Waals surface area contributed by atoms with Crippen molar-refractivity contribution in [3.8, 4) is 11.4 Å². The summed E-state index contributed by atoms with van der Waals surface area (Å²) in [5.74, 6) is 1.80. The molecule has 4 aromatic rings. The zero-order chi connectivity index (χ0) is 22.2. The van der Waals surface area contributed by atoms with Crippen molar-refractivity contribution in [2.45, 2.75) is 43.6 Å². The first kappa shape index (κ1) is 20.4. The number of aromatic nitrogens is 6. The first-order valence-electron chi connectivity index (χ1n) is 10.3. The van der Waals surface area contributed by atoms with E-state index in [1.54, 1.807) is 26.2 Å². The van der Waals surface area contributed by atoms with Gasteiger partial charge in [0.15, 0.2) is 11.0 Å². The van der Waals surface area contributed by atoms with Gasteiger partial charge in [-0.1, -0.05) is 11.8 Å². The molecule has 1 fully saturated rings. The van der Waals surface area contributed by atoms with Gasteiger partial charge >= 0.3 is 5.97 Å². The van der Waals surface area contributed by atoms with Crippen LogP contribution in [0.1, 0.15) is 47.7 Å². The van der Waals surface area contributed by atoms with E-state index in [1.807, 2.05) is 12.1 Å². The molecule has 10 nitrogen and oxygen atoms in total. The predicted molar refractivity (Wildman–Crippen MR) is 118 cm³/mol. The molecular weight excluding hydrogens is 430 g/mol. The average Bonchev–Trinajstić information content (AvgIpc) is 3.44. The molecule has 5 rings (SSSR count). The first-order chi connectivity index (χ1) is 15.6. The first-order valence-corrected chi connectivity index (χ1v) is 11.3. The Hall–Kier alpha value is -3.47. The number of carbonyl (C=O) groups excluding carboxylic acids is 1. The molecule has 4 heterocycles. The predicted octanol–water partition coefficient (Wildman–Crippen LogP) is 3.57. The number of rotatable bonds is 7. The number of pyridine rings is 1. The van der Waals surface area contributed by atoms with E-state index in [9.17, 15) is 4.79 Å². The van der Waals surface area contributed by atoms with Gasteiger partial charge in [-0.2, -0.15) is 4.98 Å². The van der Waals surface area contributed by atoms with E-state index in [0.29, 0.717) is 28.8 Å². The molecule has 164 valence electrons. The Kier molecular flexibility index (Phi) is 5.25. The lowest BCUT2D eigenvalue weighted by Crippen LogP contribution is -2.07. The van der Waals surface area contributed by atoms with Gasteiger partial charge in [0.05, 0.1) is 17.7 Å². The second kappa shape index (κ2) is 8.23. The Bertz CT molecular complexity index is 1300. The number of fused-ring (bicyclic) bond motifs is 1. The van der Waals surface area contributed by atoms with Gasteiger partial charge in [-0.25, -0.2) is 9.78 Å². The van der Waals surface area contributed by atoms with Crippen LogP contribution in [0.3, 0.4) is 0 Å². The zero-order valence-electron chi connectivity index (χ0n) is 17.6. The number of furan rings is 1. The minimum Gasteiger partial charge on any atom is -0.462 e. The van der Waals surface area contributed by atoms with Crippen molar-refractivity contribution in [1.29, 1.82) is 0 Å². The van der Waals surface area contributed by atoms with E-state index in [0.717, 1.165) is 29.4 Å². The molecule has 1 aliphatic carbocycles. The molecule has 32 heavy (non-hydrogen) atoms. The Balaban J connectivity index is 1.43. The summed E-state index contributed by atoms with van der Waals surface area (Å²) in [6, 6.07) is 4.24. The number of nitrogens with two attached hydrogens (primary N) is 1. The van der Waals surface area contributed by atoms with Gasteiger partial charge in [-0.3, -0.25) is 9.55 Å². The quantitative estimate of drug-likeness (QED) is 0.328. The smallest absolute Gasteiger partial charge is 0.342 e. The van der Waals surface area contributed by atoms with Crippen LogP contribution < -0.4 is 5.73 Å². The summed E-state index contributed by atoms with van der Waals surface area (Å²) < 4.78 is 13.0. The number of aryl methyl sites for hydroxylation is 1. The summed E-state index contributed by atoms with van der Waals surface area (Å²) >= 11 is 1.48. The Morgan fingerprint density at radius 2 is 2.19 bits per heavy atom. The standard InChI is InChI=1S/C21H21N7O3S/c1-3-30-20(29)15-11(2)31-19-16(15)17(22)24-14(25-19)10-32-21-27-26-18(28(21)13-6-7-13)12-5-4-8-23-9-12/h4-5,8-9,13H,3,6-7,10H2,1-2H3,(H2,22,24,25). The van der Waals surface area contributed by atoms with Crippen molar-refractivity contribution in [3.05, 3.63) is 41.7 Å². The number of nitrogens with zero attached hydrogens (tertiary/aromatic N) is 6. The lowest BCUT2D eigenvalue weighted by molar-refractivity contribution is 0.0526. The van der Waals surface area contributed by atoms with Gasteiger partial charge in [0.1, 0.15) is 23.0 Å². The minimum atomic E-state index is -0.498. The molecule has 0 spiro atoms. The highest BCUT2D eigenvalue weighted by Gasteiger charge is 2.30. The van der Waals surface area contributed by atoms with Crippen molar-refractivity contribution in [3.63, 3.8) is 0 Å². The number of hydrogen-bond donors (Lipinski definition) is 1. The zero-order valence-corrected chi connectivity index (χ0v) is 18.4. The van der Waals surface area contributed by atoms with Gasteiger partial charge in [-0.15, -0.1) is 10.2 Å². The molecule has 0 unspecified atom stereocenters. The van der Waals surface area contributed by atoms with Gasteiger partial charge in [0.2, 0.25) is 5.71 Å². The van der Waals surface area contributed by atoms with Gasteiger partial charge in [0.25, 0.3) is 0 Å². The summed E-state index contributed by atoms with van der Waals surface area (Å²) in [4.78, 5) is 25.4. The lowest BCUT2D eigenvalue weighted by atomic mass is 10.2. The maximum Gasteiger partial charge on any atom is 0.342 e. The number of ether oxygens (including phenoxy) is 1. The molecular formula is C21H21N7O3S. The Morgan fingerprint density at radius 3 is 2.91 bits per heavy atom. The topological polar surface area (TPSA) is 135 Å². The Labute approximate surface area is 187 Å². The van der Waals surface area contributed by atoms with E-state index >= 15 is 0 Å². The number of anilines is 1. The van der Waals surface area contributed by atoms with Gasteiger partial charge < -0.3 is 14.9 Å². The van der Waals surface area contributed by atoms with Crippen LogP contribution in [0, 0.1) is 6.92 Å². The van der Waals surface area contributed by atoms with Crippen LogP contribution in [0.4, 0.5) is 5.82 Å². The highest BCUT2D eigenvalue weighted by molar-refractivity contribution is 7.98. The second-order valence-corrected chi connectivity index (χ2v) is 8.34. The molecule has 1 saturated carbocycles.